The summed E-state index contributed by atoms with van der Waals surface area (Å²) in [6.45, 7) is 15.0. The first-order valence-corrected chi connectivity index (χ1v) is 30.2. The Balaban J connectivity index is 1.01. The molecule has 0 bridgehead atoms. The molecule has 9 rings (SSSR count). The Morgan fingerprint density at radius 3 is 2.32 bits per heavy atom. The average Bonchev–Trinajstić information content (AvgIpc) is 4.19. The number of amides is 1. The zero-order valence-corrected chi connectivity index (χ0v) is 45.4. The van der Waals surface area contributed by atoms with Gasteiger partial charge in [0, 0.05) is 22.9 Å². The number of fused-ring (bicyclic) bond motifs is 1. The van der Waals surface area contributed by atoms with Crippen LogP contribution in [0.3, 0.4) is 0 Å². The number of esters is 1. The summed E-state index contributed by atoms with van der Waals surface area (Å²) in [5.41, 5.74) is 0.894. The first kappa shape index (κ1) is 55.7. The third kappa shape index (κ3) is 11.6. The lowest BCUT2D eigenvalue weighted by Gasteiger charge is -2.40. The third-order valence-electron chi connectivity index (χ3n) is 14.0. The van der Waals surface area contributed by atoms with Crippen molar-refractivity contribution in [3.05, 3.63) is 124 Å². The maximum Gasteiger partial charge on any atom is 0.695 e. The molecule has 3 aliphatic rings. The van der Waals surface area contributed by atoms with Gasteiger partial charge in [-0.2, -0.15) is 0 Å². The highest BCUT2D eigenvalue weighted by molar-refractivity contribution is 7.48. The van der Waals surface area contributed by atoms with Crippen LogP contribution in [-0.4, -0.2) is 140 Å². The Morgan fingerprint density at radius 2 is 1.64 bits per heavy atom. The number of ether oxygens (including phenoxy) is 3. The van der Waals surface area contributed by atoms with Crippen LogP contribution >= 0.6 is 16.1 Å². The minimum atomic E-state index is -5.04. The van der Waals surface area contributed by atoms with Gasteiger partial charge in [0.1, 0.15) is 61.7 Å². The molecule has 77 heavy (non-hydrogen) atoms. The molecule has 28 heteroatoms. The molecule has 24 nitrogen and oxygen atoms in total. The van der Waals surface area contributed by atoms with Crippen molar-refractivity contribution in [3.8, 4) is 0 Å². The third-order valence-corrected chi connectivity index (χ3v) is 20.3. The van der Waals surface area contributed by atoms with E-state index in [9.17, 15) is 28.9 Å². The second kappa shape index (κ2) is 23.1. The number of rotatable bonds is 20. The molecule has 2 aromatic carbocycles. The van der Waals surface area contributed by atoms with Crippen LogP contribution in [0.5, 0.6) is 0 Å². The maximum atomic E-state index is 17.0. The largest absolute Gasteiger partial charge is 0.695 e. The van der Waals surface area contributed by atoms with E-state index in [-0.39, 0.29) is 42.4 Å². The van der Waals surface area contributed by atoms with E-state index in [1.165, 1.54) is 37.6 Å². The molecule has 408 valence electrons. The number of halogens is 1. The van der Waals surface area contributed by atoms with Crippen molar-refractivity contribution in [3.63, 3.8) is 0 Å². The quantitative estimate of drug-likeness (QED) is 0.0272. The average molecular weight is 1120 g/mol. The van der Waals surface area contributed by atoms with Crippen LogP contribution in [0.25, 0.3) is 27.0 Å². The van der Waals surface area contributed by atoms with Crippen LogP contribution in [0, 0.1) is 6.57 Å². The van der Waals surface area contributed by atoms with Gasteiger partial charge in [-0.15, -0.1) is 9.42 Å². The molecule has 3 aliphatic heterocycles. The highest BCUT2D eigenvalue weighted by Gasteiger charge is 2.56. The lowest BCUT2D eigenvalue weighted by molar-refractivity contribution is -0.0613. The monoisotopic (exact) mass is 1120 g/mol. The lowest BCUT2D eigenvalue weighted by Crippen LogP contribution is -2.50. The Morgan fingerprint density at radius 1 is 0.922 bits per heavy atom. The summed E-state index contributed by atoms with van der Waals surface area (Å²) >= 11 is 0. The number of aliphatic hydroxyl groups excluding tert-OH is 1. The molecule has 0 radical (unpaired) electrons. The summed E-state index contributed by atoms with van der Waals surface area (Å²) in [5.74, 6) is -0.582. The maximum absolute atomic E-state index is 17.0. The van der Waals surface area contributed by atoms with E-state index in [0.29, 0.717) is 47.3 Å². The van der Waals surface area contributed by atoms with Gasteiger partial charge in [-0.25, -0.2) is 40.3 Å². The van der Waals surface area contributed by atoms with E-state index in [1.54, 1.807) is 66.9 Å². The molecule has 1 amide bonds. The van der Waals surface area contributed by atoms with Gasteiger partial charge in [0.15, 0.2) is 44.2 Å². The van der Waals surface area contributed by atoms with Gasteiger partial charge >= 0.3 is 22.0 Å². The van der Waals surface area contributed by atoms with Crippen molar-refractivity contribution in [1.82, 2.24) is 33.6 Å². The number of carbonyl (C=O) groups excluding carboxylic acids is 2. The van der Waals surface area contributed by atoms with E-state index >= 15 is 8.96 Å². The van der Waals surface area contributed by atoms with Crippen molar-refractivity contribution in [2.45, 2.75) is 107 Å². The van der Waals surface area contributed by atoms with Crippen LogP contribution in [0.2, 0.25) is 18.1 Å². The molecule has 2 N–H and O–H groups in total. The second-order valence-corrected chi connectivity index (χ2v) is 27.0. The first-order chi connectivity index (χ1) is 36.8. The van der Waals surface area contributed by atoms with Crippen molar-refractivity contribution < 1.29 is 69.8 Å². The number of aromatic nitrogens is 7. The SMILES string of the molecule is [C-]#[N+]CCOP(=O)(OC[C@H]1O[C@@H](n2cc3c4c(ncnc42)N(C(=O)c2ccccc2)CCC3)[C@H](F)[C@@H]1O[P+](=O)O)O[C@@H]1[C@H](O[Si](C)(C)C(C)(C)C)[C@@H](CO)O[C@H]1n1cnc2c(=O)n(CCOC(=O)c3ccccc3)cnc21. The van der Waals surface area contributed by atoms with Gasteiger partial charge in [0.2, 0.25) is 6.54 Å². The highest BCUT2D eigenvalue weighted by Crippen LogP contribution is 2.56. The number of hydrogen-bond acceptors (Lipinski definition) is 18. The summed E-state index contributed by atoms with van der Waals surface area (Å²) in [6.07, 6.45) is -6.18. The number of phosphoric acid groups is 1. The van der Waals surface area contributed by atoms with E-state index in [4.69, 9.17) is 43.3 Å². The first-order valence-electron chi connectivity index (χ1n) is 24.7. The molecule has 7 heterocycles. The van der Waals surface area contributed by atoms with Gasteiger partial charge in [0.25, 0.3) is 11.5 Å². The van der Waals surface area contributed by atoms with Crippen LogP contribution in [0.1, 0.15) is 65.9 Å². The fraction of sp³-hybridized carbons (Fsp3) is 0.469. The summed E-state index contributed by atoms with van der Waals surface area (Å²) in [4.78, 5) is 72.9. The summed E-state index contributed by atoms with van der Waals surface area (Å²) in [6, 6.07) is 17.0. The minimum Gasteiger partial charge on any atom is -0.460 e. The molecule has 0 spiro atoms. The molecule has 6 aromatic rings. The van der Waals surface area contributed by atoms with Crippen LogP contribution in [-0.2, 0) is 58.8 Å². The molecule has 4 aromatic heterocycles. The fourth-order valence-electron chi connectivity index (χ4n) is 9.13. The van der Waals surface area contributed by atoms with Crippen molar-refractivity contribution >= 4 is 64.3 Å². The number of imidazole rings is 1. The van der Waals surface area contributed by atoms with E-state index in [0.717, 1.165) is 0 Å². The molecule has 10 atom stereocenters. The van der Waals surface area contributed by atoms with E-state index in [1.807, 2.05) is 33.9 Å². The Kier molecular flexibility index (Phi) is 16.7. The van der Waals surface area contributed by atoms with Crippen LogP contribution < -0.4 is 10.5 Å². The normalized spacial score (nSPS) is 23.7. The van der Waals surface area contributed by atoms with E-state index in [2.05, 4.69) is 24.8 Å². The van der Waals surface area contributed by atoms with Gasteiger partial charge in [-0.1, -0.05) is 57.2 Å². The van der Waals surface area contributed by atoms with Gasteiger partial charge in [-0.3, -0.25) is 37.2 Å². The van der Waals surface area contributed by atoms with Crippen LogP contribution in [0.4, 0.5) is 10.2 Å². The zero-order chi connectivity index (χ0) is 54.8. The molecule has 2 saturated heterocycles. The van der Waals surface area contributed by atoms with Gasteiger partial charge in [0.05, 0.1) is 37.0 Å². The van der Waals surface area contributed by atoms with Gasteiger partial charge in [-0.05, 0) is 60.8 Å². The Bertz CT molecular complexity index is 3280. The smallest absolute Gasteiger partial charge is 0.460 e. The Hall–Kier alpha value is -6.04. The molecule has 0 saturated carbocycles. The number of carbonyl (C=O) groups is 2. The number of alkyl halides is 1. The molecule has 0 aliphatic carbocycles. The minimum absolute atomic E-state index is 0.0162. The van der Waals surface area contributed by atoms with Crippen molar-refractivity contribution in [2.75, 3.05) is 44.4 Å². The Labute approximate surface area is 442 Å². The zero-order valence-electron chi connectivity index (χ0n) is 42.6. The highest BCUT2D eigenvalue weighted by atomic mass is 31.2. The number of hydrogen-bond donors (Lipinski definition) is 2. The second-order valence-electron chi connectivity index (χ2n) is 19.9. The number of phosphoric ester groups is 1. The molecular weight excluding hydrogens is 1060 g/mol. The number of benzene rings is 2. The number of aryl methyl sites for hydroxylation is 1. The van der Waals surface area contributed by atoms with E-state index < -0.39 is 110 Å². The molecule has 2 unspecified atom stereocenters. The fourth-order valence-corrected chi connectivity index (χ4v) is 12.3. The predicted molar refractivity (Wildman–Crippen MR) is 275 cm³/mol. The van der Waals surface area contributed by atoms with Crippen LogP contribution in [0.15, 0.2) is 90.6 Å². The molecular formula is C49H57FN9O15P2Si+. The molecule has 2 fully saturated rings. The standard InChI is InChI=1S/C49H56FN9O15P2Si/c1-49(2,3)77(5,6)74-39-33(25-60)70-47(59-29-54-37-43(59)55-28-56(45(37)62)21-23-67-48(63)31-16-11-8-12-17-31)40(39)73-76(66,68-22-19-51-4)69-26-34-38(72-75(64)65)36(50)46(71-34)58-24-32-18-13-20-57(41-35(32)42(58)53-27-52-41)44(61)30-14-9-7-10-15-30/h7-12,14-17,24,27-29,33-34,36,38-40,46-47,60H,13,18-23,25-26H2,1-3,5-6H3/p+1/t33-,34-,36-,38-,39-,40-,46-,47-,76?/m1/s1. The van der Waals surface area contributed by atoms with Crippen molar-refractivity contribution in [2.24, 2.45) is 0 Å². The number of anilines is 1. The lowest BCUT2D eigenvalue weighted by atomic mass is 10.1. The predicted octanol–water partition coefficient (Wildman–Crippen LogP) is 6.48. The topological polar surface area (TPSA) is 274 Å². The number of aliphatic hydroxyl groups is 1. The van der Waals surface area contributed by atoms with Crippen molar-refractivity contribution in [1.29, 1.82) is 0 Å². The summed E-state index contributed by atoms with van der Waals surface area (Å²) in [5, 5.41) is 10.9. The number of nitrogens with zero attached hydrogens (tertiary/aromatic N) is 9. The summed E-state index contributed by atoms with van der Waals surface area (Å²) in [7, 11) is -11.3. The summed E-state index contributed by atoms with van der Waals surface area (Å²) < 4.78 is 96.8. The van der Waals surface area contributed by atoms with Gasteiger partial charge < -0.3 is 33.2 Å².